The molecule has 2 N–H and O–H groups in total. The zero-order valence-electron chi connectivity index (χ0n) is 12.0. The van der Waals surface area contributed by atoms with E-state index in [-0.39, 0.29) is 5.82 Å². The highest BCUT2D eigenvalue weighted by Gasteiger charge is 2.16. The summed E-state index contributed by atoms with van der Waals surface area (Å²) in [6, 6.07) is 6.63. The van der Waals surface area contributed by atoms with Crippen LogP contribution in [0.1, 0.15) is 43.8 Å². The van der Waals surface area contributed by atoms with Gasteiger partial charge in [-0.2, -0.15) is 5.10 Å². The van der Waals surface area contributed by atoms with E-state index in [1.165, 1.54) is 44.2 Å². The smallest absolute Gasteiger partial charge is 0.142 e. The number of halogens is 1. The molecule has 0 saturated heterocycles. The number of hydrogen-bond acceptors (Lipinski definition) is 3. The standard InChI is InChI=1S/C16H20FN3O/c17-12-6-7-16(15(18)10-12)21-11-13-8-9-20(19-13)14-4-2-1-3-5-14/h6-10,14H,1-5,11,18H2. The SMILES string of the molecule is Nc1cc(F)ccc1OCc1ccn(C2CCCCC2)n1. The van der Waals surface area contributed by atoms with Crippen LogP contribution in [-0.4, -0.2) is 9.78 Å². The Bertz CT molecular complexity index is 605. The van der Waals surface area contributed by atoms with Gasteiger partial charge >= 0.3 is 0 Å². The van der Waals surface area contributed by atoms with E-state index in [2.05, 4.69) is 5.10 Å². The van der Waals surface area contributed by atoms with Gasteiger partial charge in [0.2, 0.25) is 0 Å². The van der Waals surface area contributed by atoms with Gasteiger partial charge in [-0.25, -0.2) is 4.39 Å². The summed E-state index contributed by atoms with van der Waals surface area (Å²) >= 11 is 0. The van der Waals surface area contributed by atoms with Crippen LogP contribution in [0.4, 0.5) is 10.1 Å². The van der Waals surface area contributed by atoms with Gasteiger partial charge in [0, 0.05) is 12.3 Å². The third-order valence-corrected chi connectivity index (χ3v) is 3.96. The number of aromatic nitrogens is 2. The van der Waals surface area contributed by atoms with Gasteiger partial charge in [-0.3, -0.25) is 4.68 Å². The van der Waals surface area contributed by atoms with Crippen molar-refractivity contribution in [1.82, 2.24) is 9.78 Å². The predicted molar refractivity (Wildman–Crippen MR) is 79.5 cm³/mol. The Morgan fingerprint density at radius 3 is 2.81 bits per heavy atom. The summed E-state index contributed by atoms with van der Waals surface area (Å²) in [5, 5.41) is 4.57. The number of rotatable bonds is 4. The number of ether oxygens (including phenoxy) is 1. The molecule has 0 amide bonds. The van der Waals surface area contributed by atoms with Crippen LogP contribution in [0.25, 0.3) is 0 Å². The Morgan fingerprint density at radius 2 is 2.05 bits per heavy atom. The Balaban J connectivity index is 1.61. The maximum Gasteiger partial charge on any atom is 0.142 e. The molecule has 0 unspecified atom stereocenters. The monoisotopic (exact) mass is 289 g/mol. The molecule has 0 bridgehead atoms. The lowest BCUT2D eigenvalue weighted by molar-refractivity contribution is 0.292. The Morgan fingerprint density at radius 1 is 1.24 bits per heavy atom. The number of nitrogens with zero attached hydrogens (tertiary/aromatic N) is 2. The van der Waals surface area contributed by atoms with Gasteiger partial charge in [0.1, 0.15) is 18.2 Å². The average Bonchev–Trinajstić information content (AvgIpc) is 2.96. The van der Waals surface area contributed by atoms with Crippen LogP contribution >= 0.6 is 0 Å². The molecule has 5 heteroatoms. The van der Waals surface area contributed by atoms with Gasteiger partial charge in [-0.05, 0) is 31.0 Å². The molecule has 3 rings (SSSR count). The molecule has 1 fully saturated rings. The number of benzene rings is 1. The number of nitrogens with two attached hydrogens (primary N) is 1. The molecule has 1 aromatic heterocycles. The summed E-state index contributed by atoms with van der Waals surface area (Å²) in [6.45, 7) is 0.343. The summed E-state index contributed by atoms with van der Waals surface area (Å²) in [5.41, 5.74) is 6.89. The zero-order chi connectivity index (χ0) is 14.7. The van der Waals surface area contributed by atoms with Gasteiger partial charge in [-0.15, -0.1) is 0 Å². The predicted octanol–water partition coefficient (Wildman–Crippen LogP) is 3.69. The fraction of sp³-hybridized carbons (Fsp3) is 0.438. The minimum atomic E-state index is -0.360. The van der Waals surface area contributed by atoms with E-state index in [1.807, 2.05) is 16.9 Å². The van der Waals surface area contributed by atoms with Crippen LogP contribution < -0.4 is 10.5 Å². The van der Waals surface area contributed by atoms with E-state index < -0.39 is 0 Å². The van der Waals surface area contributed by atoms with Gasteiger partial charge in [0.05, 0.1) is 17.4 Å². The second-order valence-electron chi connectivity index (χ2n) is 5.55. The van der Waals surface area contributed by atoms with E-state index >= 15 is 0 Å². The molecule has 0 radical (unpaired) electrons. The molecule has 112 valence electrons. The first-order chi connectivity index (χ1) is 10.2. The highest BCUT2D eigenvalue weighted by Crippen LogP contribution is 2.28. The second kappa shape index (κ2) is 6.16. The van der Waals surface area contributed by atoms with Crippen molar-refractivity contribution in [1.29, 1.82) is 0 Å². The van der Waals surface area contributed by atoms with E-state index in [4.69, 9.17) is 10.5 Å². The summed E-state index contributed by atoms with van der Waals surface area (Å²) in [7, 11) is 0. The Kier molecular flexibility index (Phi) is 4.08. The molecule has 1 aliphatic carbocycles. The first-order valence-electron chi connectivity index (χ1n) is 7.44. The molecule has 0 atom stereocenters. The number of nitrogen functional groups attached to an aromatic ring is 1. The molecule has 0 spiro atoms. The first kappa shape index (κ1) is 13.9. The van der Waals surface area contributed by atoms with Crippen molar-refractivity contribution in [3.8, 4) is 5.75 Å². The third-order valence-electron chi connectivity index (χ3n) is 3.96. The fourth-order valence-electron chi connectivity index (χ4n) is 2.81. The second-order valence-corrected chi connectivity index (χ2v) is 5.55. The van der Waals surface area contributed by atoms with Crippen LogP contribution in [0.3, 0.4) is 0 Å². The molecule has 2 aromatic rings. The van der Waals surface area contributed by atoms with Crippen LogP contribution in [-0.2, 0) is 6.61 Å². The normalized spacial score (nSPS) is 16.0. The van der Waals surface area contributed by atoms with Crippen molar-refractivity contribution in [3.63, 3.8) is 0 Å². The van der Waals surface area contributed by atoms with Crippen LogP contribution in [0, 0.1) is 5.82 Å². The van der Waals surface area contributed by atoms with Crippen LogP contribution in [0.15, 0.2) is 30.5 Å². The number of anilines is 1. The summed E-state index contributed by atoms with van der Waals surface area (Å²) in [5.74, 6) is 0.130. The zero-order valence-corrected chi connectivity index (χ0v) is 12.0. The van der Waals surface area contributed by atoms with E-state index in [0.29, 0.717) is 24.1 Å². The molecular formula is C16H20FN3O. The minimum absolute atomic E-state index is 0.307. The van der Waals surface area contributed by atoms with E-state index in [0.717, 1.165) is 5.69 Å². The van der Waals surface area contributed by atoms with Gasteiger partial charge in [0.15, 0.2) is 0 Å². The highest BCUT2D eigenvalue weighted by atomic mass is 19.1. The van der Waals surface area contributed by atoms with Crippen LogP contribution in [0.2, 0.25) is 0 Å². The lowest BCUT2D eigenvalue weighted by atomic mass is 9.96. The van der Waals surface area contributed by atoms with Crippen molar-refractivity contribution in [3.05, 3.63) is 42.0 Å². The fourth-order valence-corrected chi connectivity index (χ4v) is 2.81. The van der Waals surface area contributed by atoms with Crippen molar-refractivity contribution in [2.75, 3.05) is 5.73 Å². The van der Waals surface area contributed by atoms with Crippen molar-refractivity contribution < 1.29 is 9.13 Å². The third kappa shape index (κ3) is 3.35. The lowest BCUT2D eigenvalue weighted by Crippen LogP contribution is -2.13. The maximum atomic E-state index is 13.0. The van der Waals surface area contributed by atoms with Crippen molar-refractivity contribution in [2.24, 2.45) is 0 Å². The topological polar surface area (TPSA) is 53.1 Å². The van der Waals surface area contributed by atoms with Gasteiger partial charge in [0.25, 0.3) is 0 Å². The quantitative estimate of drug-likeness (QED) is 0.873. The number of hydrogen-bond donors (Lipinski definition) is 1. The average molecular weight is 289 g/mol. The molecule has 21 heavy (non-hydrogen) atoms. The first-order valence-corrected chi connectivity index (χ1v) is 7.44. The molecule has 0 aliphatic heterocycles. The van der Waals surface area contributed by atoms with E-state index in [1.54, 1.807) is 6.07 Å². The largest absolute Gasteiger partial charge is 0.485 e. The van der Waals surface area contributed by atoms with Gasteiger partial charge in [-0.1, -0.05) is 19.3 Å². The maximum absolute atomic E-state index is 13.0. The summed E-state index contributed by atoms with van der Waals surface area (Å²) < 4.78 is 20.6. The minimum Gasteiger partial charge on any atom is -0.485 e. The Labute approximate surface area is 123 Å². The van der Waals surface area contributed by atoms with Crippen molar-refractivity contribution >= 4 is 5.69 Å². The highest BCUT2D eigenvalue weighted by molar-refractivity contribution is 5.52. The molecule has 4 nitrogen and oxygen atoms in total. The summed E-state index contributed by atoms with van der Waals surface area (Å²) in [4.78, 5) is 0. The molecule has 1 aromatic carbocycles. The lowest BCUT2D eigenvalue weighted by Gasteiger charge is -2.21. The van der Waals surface area contributed by atoms with Crippen molar-refractivity contribution in [2.45, 2.75) is 44.8 Å². The van der Waals surface area contributed by atoms with Crippen LogP contribution in [0.5, 0.6) is 5.75 Å². The van der Waals surface area contributed by atoms with E-state index in [9.17, 15) is 4.39 Å². The molecule has 1 saturated carbocycles. The molecule has 1 aliphatic rings. The molecular weight excluding hydrogens is 269 g/mol. The summed E-state index contributed by atoms with van der Waals surface area (Å²) in [6.07, 6.45) is 8.31. The van der Waals surface area contributed by atoms with Gasteiger partial charge < -0.3 is 10.5 Å². The Hall–Kier alpha value is -2.04. The molecule has 1 heterocycles.